The number of nitrogens with zero attached hydrogens (tertiary/aromatic N) is 1. The van der Waals surface area contributed by atoms with Crippen LogP contribution in [0.15, 0.2) is 18.2 Å². The second kappa shape index (κ2) is 7.66. The van der Waals surface area contributed by atoms with E-state index in [0.717, 1.165) is 12.2 Å². The predicted octanol–water partition coefficient (Wildman–Crippen LogP) is 3.98. The Morgan fingerprint density at radius 1 is 1.21 bits per heavy atom. The second-order valence-electron chi connectivity index (χ2n) is 7.96. The van der Waals surface area contributed by atoms with Gasteiger partial charge in [0.05, 0.1) is 19.8 Å². The van der Waals surface area contributed by atoms with E-state index in [1.807, 2.05) is 0 Å². The number of rotatable bonds is 5. The number of para-hydroxylation sites is 1. The van der Waals surface area contributed by atoms with Crippen LogP contribution in [-0.4, -0.2) is 42.6 Å². The molecular formula is C20H32N2O2. The fraction of sp³-hybridized carbons (Fsp3) is 0.650. The van der Waals surface area contributed by atoms with Gasteiger partial charge < -0.3 is 10.1 Å². The van der Waals surface area contributed by atoms with Crippen molar-refractivity contribution in [3.63, 3.8) is 0 Å². The highest BCUT2D eigenvalue weighted by Crippen LogP contribution is 2.32. The number of carbonyl (C=O) groups excluding carboxylic acids is 1. The van der Waals surface area contributed by atoms with E-state index in [4.69, 9.17) is 4.74 Å². The topological polar surface area (TPSA) is 41.6 Å². The number of ether oxygens (including phenoxy) is 1. The number of morpholine rings is 1. The molecule has 2 rings (SSSR count). The summed E-state index contributed by atoms with van der Waals surface area (Å²) >= 11 is 0. The monoisotopic (exact) mass is 332 g/mol. The fourth-order valence-electron chi connectivity index (χ4n) is 3.23. The highest BCUT2D eigenvalue weighted by Gasteiger charge is 2.32. The molecule has 24 heavy (non-hydrogen) atoms. The van der Waals surface area contributed by atoms with Crippen LogP contribution in [0.25, 0.3) is 0 Å². The van der Waals surface area contributed by atoms with Gasteiger partial charge in [-0.2, -0.15) is 0 Å². The molecular weight excluding hydrogens is 300 g/mol. The molecule has 0 aromatic heterocycles. The van der Waals surface area contributed by atoms with Crippen LogP contribution in [0.2, 0.25) is 0 Å². The van der Waals surface area contributed by atoms with Crippen molar-refractivity contribution in [2.75, 3.05) is 31.6 Å². The lowest BCUT2D eigenvalue weighted by atomic mass is 9.92. The van der Waals surface area contributed by atoms with E-state index in [-0.39, 0.29) is 11.4 Å². The first-order valence-electron chi connectivity index (χ1n) is 8.98. The van der Waals surface area contributed by atoms with Gasteiger partial charge in [-0.05, 0) is 36.8 Å². The molecule has 1 aliphatic rings. The molecule has 4 nitrogen and oxygen atoms in total. The highest BCUT2D eigenvalue weighted by molar-refractivity contribution is 5.94. The Balaban J connectivity index is 2.19. The Morgan fingerprint density at radius 2 is 1.79 bits per heavy atom. The SMILES string of the molecule is CC(C)c1cccc(C(C)C)c1NC(=O)CN1CCOCC1(C)C. The van der Waals surface area contributed by atoms with E-state index in [1.54, 1.807) is 0 Å². The van der Waals surface area contributed by atoms with Gasteiger partial charge in [0, 0.05) is 17.8 Å². The van der Waals surface area contributed by atoms with E-state index in [0.29, 0.717) is 31.6 Å². The largest absolute Gasteiger partial charge is 0.378 e. The maximum Gasteiger partial charge on any atom is 0.238 e. The molecule has 1 aliphatic heterocycles. The number of hydrogen-bond acceptors (Lipinski definition) is 3. The summed E-state index contributed by atoms with van der Waals surface area (Å²) in [5, 5.41) is 3.21. The Morgan fingerprint density at radius 3 is 2.29 bits per heavy atom. The third-order valence-corrected chi connectivity index (χ3v) is 4.79. The third kappa shape index (κ3) is 4.37. The van der Waals surface area contributed by atoms with Gasteiger partial charge in [0.25, 0.3) is 0 Å². The van der Waals surface area contributed by atoms with Crippen LogP contribution in [0.1, 0.15) is 64.5 Å². The number of anilines is 1. The molecule has 1 amide bonds. The Labute approximate surface area is 146 Å². The summed E-state index contributed by atoms with van der Waals surface area (Å²) in [4.78, 5) is 14.9. The van der Waals surface area contributed by atoms with Crippen LogP contribution in [0, 0.1) is 0 Å². The maximum atomic E-state index is 12.7. The molecule has 0 spiro atoms. The molecule has 1 aromatic carbocycles. The van der Waals surface area contributed by atoms with Crippen LogP contribution >= 0.6 is 0 Å². The zero-order valence-electron chi connectivity index (χ0n) is 16.0. The van der Waals surface area contributed by atoms with Crippen LogP contribution in [0.4, 0.5) is 5.69 Å². The number of hydrogen-bond donors (Lipinski definition) is 1. The van der Waals surface area contributed by atoms with Crippen molar-refractivity contribution in [3.8, 4) is 0 Å². The van der Waals surface area contributed by atoms with Gasteiger partial charge in [-0.15, -0.1) is 0 Å². The van der Waals surface area contributed by atoms with Crippen molar-refractivity contribution >= 4 is 11.6 Å². The third-order valence-electron chi connectivity index (χ3n) is 4.79. The van der Waals surface area contributed by atoms with Crippen molar-refractivity contribution in [1.29, 1.82) is 0 Å². The van der Waals surface area contributed by atoms with Gasteiger partial charge in [0.2, 0.25) is 5.91 Å². The Hall–Kier alpha value is -1.39. The zero-order chi connectivity index (χ0) is 17.9. The normalized spacial score (nSPS) is 18.2. The first-order chi connectivity index (χ1) is 11.2. The van der Waals surface area contributed by atoms with Crippen molar-refractivity contribution in [1.82, 2.24) is 4.90 Å². The van der Waals surface area contributed by atoms with Crippen molar-refractivity contribution < 1.29 is 9.53 Å². The molecule has 134 valence electrons. The summed E-state index contributed by atoms with van der Waals surface area (Å²) < 4.78 is 5.54. The first-order valence-corrected chi connectivity index (χ1v) is 8.98. The Kier molecular flexibility index (Phi) is 6.05. The quantitative estimate of drug-likeness (QED) is 0.886. The van der Waals surface area contributed by atoms with Gasteiger partial charge in [-0.25, -0.2) is 0 Å². The molecule has 0 radical (unpaired) electrons. The van der Waals surface area contributed by atoms with Crippen LogP contribution in [-0.2, 0) is 9.53 Å². The van der Waals surface area contributed by atoms with Gasteiger partial charge in [-0.3, -0.25) is 9.69 Å². The standard InChI is InChI=1S/C20H32N2O2/c1-14(2)16-8-7-9-17(15(3)4)19(16)21-18(23)12-22-10-11-24-13-20(22,5)6/h7-9,14-15H,10-13H2,1-6H3,(H,21,23). The number of amides is 1. The summed E-state index contributed by atoms with van der Waals surface area (Å²) in [6, 6.07) is 6.32. The van der Waals surface area contributed by atoms with E-state index in [1.165, 1.54) is 11.1 Å². The summed E-state index contributed by atoms with van der Waals surface area (Å²) in [6.07, 6.45) is 0. The lowest BCUT2D eigenvalue weighted by molar-refractivity contribution is -0.122. The van der Waals surface area contributed by atoms with Crippen molar-refractivity contribution in [2.45, 2.75) is 58.9 Å². The van der Waals surface area contributed by atoms with Crippen LogP contribution in [0.3, 0.4) is 0 Å². The minimum Gasteiger partial charge on any atom is -0.378 e. The predicted molar refractivity (Wildman–Crippen MR) is 99.7 cm³/mol. The maximum absolute atomic E-state index is 12.7. The van der Waals surface area contributed by atoms with Crippen LogP contribution in [0.5, 0.6) is 0 Å². The average molecular weight is 332 g/mol. The molecule has 0 saturated carbocycles. The van der Waals surface area contributed by atoms with Gasteiger partial charge in [0.1, 0.15) is 0 Å². The summed E-state index contributed by atoms with van der Waals surface area (Å²) in [7, 11) is 0. The molecule has 0 bridgehead atoms. The molecule has 1 fully saturated rings. The summed E-state index contributed by atoms with van der Waals surface area (Å²) in [5.41, 5.74) is 3.30. The smallest absolute Gasteiger partial charge is 0.238 e. The summed E-state index contributed by atoms with van der Waals surface area (Å²) in [6.45, 7) is 15.5. The lowest BCUT2D eigenvalue weighted by Gasteiger charge is -2.41. The molecule has 0 unspecified atom stereocenters. The molecule has 1 aromatic rings. The molecule has 1 saturated heterocycles. The minimum atomic E-state index is -0.103. The van der Waals surface area contributed by atoms with Gasteiger partial charge >= 0.3 is 0 Å². The highest BCUT2D eigenvalue weighted by atomic mass is 16.5. The fourth-order valence-corrected chi connectivity index (χ4v) is 3.23. The second-order valence-corrected chi connectivity index (χ2v) is 7.96. The average Bonchev–Trinajstić information content (AvgIpc) is 2.49. The van der Waals surface area contributed by atoms with Gasteiger partial charge in [0.15, 0.2) is 0 Å². The summed E-state index contributed by atoms with van der Waals surface area (Å²) in [5.74, 6) is 0.803. The molecule has 0 atom stereocenters. The number of nitrogens with one attached hydrogen (secondary N) is 1. The molecule has 1 N–H and O–H groups in total. The number of benzene rings is 1. The lowest BCUT2D eigenvalue weighted by Crippen LogP contribution is -2.55. The van der Waals surface area contributed by atoms with E-state index in [9.17, 15) is 4.79 Å². The van der Waals surface area contributed by atoms with Crippen molar-refractivity contribution in [2.24, 2.45) is 0 Å². The van der Waals surface area contributed by atoms with E-state index in [2.05, 4.69) is 70.0 Å². The van der Waals surface area contributed by atoms with Gasteiger partial charge in [-0.1, -0.05) is 45.9 Å². The molecule has 1 heterocycles. The van der Waals surface area contributed by atoms with Crippen LogP contribution < -0.4 is 5.32 Å². The van der Waals surface area contributed by atoms with E-state index < -0.39 is 0 Å². The van der Waals surface area contributed by atoms with Crippen molar-refractivity contribution in [3.05, 3.63) is 29.3 Å². The minimum absolute atomic E-state index is 0.0555. The number of carbonyl (C=O) groups is 1. The zero-order valence-corrected chi connectivity index (χ0v) is 16.0. The molecule has 4 heteroatoms. The molecule has 0 aliphatic carbocycles. The first kappa shape index (κ1) is 18.9. The van der Waals surface area contributed by atoms with E-state index >= 15 is 0 Å². The Bertz CT molecular complexity index is 553.